The molecule has 0 radical (unpaired) electrons. The third-order valence-corrected chi connectivity index (χ3v) is 5.68. The lowest BCUT2D eigenvalue weighted by molar-refractivity contribution is -0.132. The molecule has 5 N–H and O–H groups in total. The van der Waals surface area contributed by atoms with E-state index >= 15 is 0 Å². The van der Waals surface area contributed by atoms with Gasteiger partial charge in [0.15, 0.2) is 0 Å². The Bertz CT molecular complexity index is 1250. The predicted octanol–water partition coefficient (Wildman–Crippen LogP) is 3.42. The number of aromatic carboxylic acids is 1. The minimum atomic E-state index is -3.67. The molecular formula is C24H30N2O8S2. The number of thiophene rings is 1. The van der Waals surface area contributed by atoms with Crippen molar-refractivity contribution in [1.82, 2.24) is 9.55 Å². The fraction of sp³-hybridized carbons (Fsp3) is 0.292. The molecule has 36 heavy (non-hydrogen) atoms. The number of rotatable bonds is 10. The highest BCUT2D eigenvalue weighted by Crippen LogP contribution is 2.20. The number of aromatic nitrogens is 2. The van der Waals surface area contributed by atoms with Crippen LogP contribution in [0.1, 0.15) is 52.1 Å². The molecule has 10 nitrogen and oxygen atoms in total. The number of hydrogen-bond acceptors (Lipinski definition) is 6. The number of carboxylic acid groups (broad SMARTS) is 2. The van der Waals surface area contributed by atoms with Crippen LogP contribution in [0.3, 0.4) is 0 Å². The van der Waals surface area contributed by atoms with Crippen LogP contribution in [-0.4, -0.2) is 56.4 Å². The molecule has 196 valence electrons. The number of hydrogen-bond donors (Lipinski definition) is 3. The van der Waals surface area contributed by atoms with Gasteiger partial charge in [-0.05, 0) is 41.6 Å². The van der Waals surface area contributed by atoms with Gasteiger partial charge in [-0.2, -0.15) is 8.42 Å². The molecule has 2 aromatic heterocycles. The molecule has 2 heterocycles. The van der Waals surface area contributed by atoms with Crippen LogP contribution in [0.4, 0.5) is 0 Å². The van der Waals surface area contributed by atoms with Crippen LogP contribution in [-0.2, 0) is 34.3 Å². The van der Waals surface area contributed by atoms with E-state index in [0.717, 1.165) is 41.2 Å². The topological polar surface area (TPSA) is 178 Å². The minimum absolute atomic E-state index is 0. The first-order valence-corrected chi connectivity index (χ1v) is 13.5. The van der Waals surface area contributed by atoms with Crippen molar-refractivity contribution in [3.8, 4) is 0 Å². The molecular weight excluding hydrogens is 508 g/mol. The second-order valence-corrected chi connectivity index (χ2v) is 10.3. The zero-order valence-electron chi connectivity index (χ0n) is 19.9. The first-order valence-electron chi connectivity index (χ1n) is 10.7. The molecule has 0 amide bonds. The lowest BCUT2D eigenvalue weighted by Crippen LogP contribution is -2.09. The lowest BCUT2D eigenvalue weighted by atomic mass is 10.1. The van der Waals surface area contributed by atoms with Crippen LogP contribution in [0, 0.1) is 0 Å². The Morgan fingerprint density at radius 2 is 1.78 bits per heavy atom. The average Bonchev–Trinajstić information content (AvgIpc) is 3.41. The minimum Gasteiger partial charge on any atom is -0.478 e. The number of unbranched alkanes of at least 4 members (excludes halogenated alkanes) is 1. The van der Waals surface area contributed by atoms with Crippen molar-refractivity contribution in [2.75, 3.05) is 6.26 Å². The van der Waals surface area contributed by atoms with Crippen LogP contribution < -0.4 is 0 Å². The SMILES string of the molecule is CCCCc1ncc(C=C(Cc2cccs2)C(=O)O)n1Cc1ccc(C(=O)O)cc1.CS(=O)(=O)O.O. The maximum Gasteiger partial charge on any atom is 0.335 e. The second-order valence-electron chi connectivity index (χ2n) is 7.75. The van der Waals surface area contributed by atoms with E-state index in [1.807, 2.05) is 22.1 Å². The standard InChI is InChI=1S/C23H24N2O4S.CH4O3S.H2O/c1-2-3-6-21-24-14-19(12-18(23(28)29)13-20-5-4-11-30-20)25(21)15-16-7-9-17(10-8-16)22(26)27;1-5(2,3)4;/h4-5,7-12,14H,2-3,6,13,15H2,1H3,(H,26,27)(H,28,29);1H3,(H,2,3,4);1H2. The van der Waals surface area contributed by atoms with Crippen LogP contribution >= 0.6 is 11.3 Å². The molecule has 0 saturated carbocycles. The summed E-state index contributed by atoms with van der Waals surface area (Å²) in [7, 11) is -3.67. The second kappa shape index (κ2) is 14.3. The number of aliphatic carboxylic acids is 1. The van der Waals surface area contributed by atoms with Gasteiger partial charge in [-0.25, -0.2) is 14.6 Å². The van der Waals surface area contributed by atoms with Gasteiger partial charge < -0.3 is 20.3 Å². The van der Waals surface area contributed by atoms with Crippen molar-refractivity contribution in [1.29, 1.82) is 0 Å². The molecule has 0 atom stereocenters. The summed E-state index contributed by atoms with van der Waals surface area (Å²) in [6.45, 7) is 2.61. The average molecular weight is 539 g/mol. The molecule has 0 unspecified atom stereocenters. The number of nitrogens with zero attached hydrogens (tertiary/aromatic N) is 2. The third kappa shape index (κ3) is 10.5. The summed E-state index contributed by atoms with van der Waals surface area (Å²) in [5.74, 6) is -1.01. The quantitative estimate of drug-likeness (QED) is 0.259. The van der Waals surface area contributed by atoms with E-state index in [2.05, 4.69) is 11.9 Å². The Hall–Kier alpha value is -3.32. The van der Waals surface area contributed by atoms with Gasteiger partial charge in [0, 0.05) is 29.8 Å². The van der Waals surface area contributed by atoms with E-state index in [4.69, 9.17) is 9.66 Å². The van der Waals surface area contributed by atoms with Crippen molar-refractivity contribution < 1.29 is 38.2 Å². The first kappa shape index (κ1) is 30.7. The molecule has 3 aromatic rings. The fourth-order valence-corrected chi connectivity index (χ4v) is 3.89. The summed E-state index contributed by atoms with van der Waals surface area (Å²) in [6.07, 6.45) is 7.29. The highest BCUT2D eigenvalue weighted by atomic mass is 32.2. The predicted molar refractivity (Wildman–Crippen MR) is 138 cm³/mol. The Morgan fingerprint density at radius 3 is 2.28 bits per heavy atom. The highest BCUT2D eigenvalue weighted by molar-refractivity contribution is 7.85. The van der Waals surface area contributed by atoms with E-state index in [0.29, 0.717) is 24.8 Å². The summed E-state index contributed by atoms with van der Waals surface area (Å²) in [5.41, 5.74) is 2.21. The molecule has 0 aliphatic rings. The van der Waals surface area contributed by atoms with Crippen LogP contribution in [0.15, 0.2) is 53.5 Å². The highest BCUT2D eigenvalue weighted by Gasteiger charge is 2.14. The lowest BCUT2D eigenvalue weighted by Gasteiger charge is -2.12. The van der Waals surface area contributed by atoms with Gasteiger partial charge >= 0.3 is 11.9 Å². The molecule has 0 bridgehead atoms. The van der Waals surface area contributed by atoms with Gasteiger partial charge in [-0.15, -0.1) is 11.3 Å². The number of carbonyl (C=O) groups is 2. The van der Waals surface area contributed by atoms with Gasteiger partial charge in [0.1, 0.15) is 5.82 Å². The van der Waals surface area contributed by atoms with Crippen LogP contribution in [0.5, 0.6) is 0 Å². The zero-order chi connectivity index (χ0) is 26.0. The molecule has 0 saturated heterocycles. The Kier molecular flexibility index (Phi) is 12.2. The summed E-state index contributed by atoms with van der Waals surface area (Å²) in [4.78, 5) is 28.5. The van der Waals surface area contributed by atoms with Gasteiger partial charge in [-0.1, -0.05) is 31.5 Å². The number of aryl methyl sites for hydroxylation is 1. The number of carboxylic acids is 2. The molecule has 1 aromatic carbocycles. The molecule has 12 heteroatoms. The third-order valence-electron chi connectivity index (χ3n) is 4.81. The van der Waals surface area contributed by atoms with Crippen molar-refractivity contribution in [2.24, 2.45) is 0 Å². The fourth-order valence-electron chi connectivity index (χ4n) is 3.16. The molecule has 0 aliphatic carbocycles. The van der Waals surface area contributed by atoms with E-state index in [1.54, 1.807) is 36.5 Å². The van der Waals surface area contributed by atoms with Crippen LogP contribution in [0.25, 0.3) is 6.08 Å². The molecule has 3 rings (SSSR count). The largest absolute Gasteiger partial charge is 0.478 e. The monoisotopic (exact) mass is 538 g/mol. The molecule has 0 spiro atoms. The summed E-state index contributed by atoms with van der Waals surface area (Å²) in [6, 6.07) is 10.6. The maximum atomic E-state index is 11.8. The molecule has 0 fully saturated rings. The summed E-state index contributed by atoms with van der Waals surface area (Å²) >= 11 is 1.53. The van der Waals surface area contributed by atoms with Gasteiger partial charge in [0.2, 0.25) is 0 Å². The maximum absolute atomic E-state index is 11.8. The van der Waals surface area contributed by atoms with E-state index in [9.17, 15) is 23.1 Å². The van der Waals surface area contributed by atoms with Crippen molar-refractivity contribution in [3.05, 3.63) is 81.1 Å². The smallest absolute Gasteiger partial charge is 0.335 e. The van der Waals surface area contributed by atoms with Crippen molar-refractivity contribution in [3.63, 3.8) is 0 Å². The summed E-state index contributed by atoms with van der Waals surface area (Å²) < 4.78 is 27.9. The number of imidazole rings is 1. The Balaban J connectivity index is 0.000000983. The van der Waals surface area contributed by atoms with Crippen molar-refractivity contribution in [2.45, 2.75) is 39.2 Å². The van der Waals surface area contributed by atoms with Gasteiger partial charge in [0.25, 0.3) is 10.1 Å². The zero-order valence-corrected chi connectivity index (χ0v) is 21.6. The molecule has 0 aliphatic heterocycles. The first-order chi connectivity index (χ1) is 16.5. The number of benzene rings is 1. The van der Waals surface area contributed by atoms with E-state index in [-0.39, 0.29) is 11.0 Å². The van der Waals surface area contributed by atoms with E-state index < -0.39 is 22.1 Å². The normalized spacial score (nSPS) is 11.2. The Labute approximate surface area is 213 Å². The van der Waals surface area contributed by atoms with Gasteiger partial charge in [-0.3, -0.25) is 4.55 Å². The van der Waals surface area contributed by atoms with Crippen LogP contribution in [0.2, 0.25) is 0 Å². The van der Waals surface area contributed by atoms with Crippen molar-refractivity contribution >= 4 is 39.5 Å². The Morgan fingerprint density at radius 1 is 1.14 bits per heavy atom. The summed E-state index contributed by atoms with van der Waals surface area (Å²) in [5, 5.41) is 20.7. The van der Waals surface area contributed by atoms with Gasteiger partial charge in [0.05, 0.1) is 23.7 Å². The van der Waals surface area contributed by atoms with E-state index in [1.165, 1.54) is 11.3 Å².